The molecule has 1 aromatic heterocycles. The van der Waals surface area contributed by atoms with E-state index in [1.807, 2.05) is 28.0 Å². The predicted octanol–water partition coefficient (Wildman–Crippen LogP) is 1.52. The molecule has 3 aliphatic heterocycles. The van der Waals surface area contributed by atoms with Crippen LogP contribution in [0, 0.1) is 5.92 Å². The highest BCUT2D eigenvalue weighted by Crippen LogP contribution is 2.34. The lowest BCUT2D eigenvalue weighted by Gasteiger charge is -2.50. The normalized spacial score (nSPS) is 27.7. The van der Waals surface area contributed by atoms with Crippen LogP contribution in [0.1, 0.15) is 38.3 Å². The second-order valence-electron chi connectivity index (χ2n) is 7.92. The van der Waals surface area contributed by atoms with E-state index in [4.69, 9.17) is 0 Å². The first-order valence-electron chi connectivity index (χ1n) is 9.82. The van der Waals surface area contributed by atoms with E-state index in [1.165, 1.54) is 0 Å². The number of rotatable bonds is 3. The third kappa shape index (κ3) is 3.47. The van der Waals surface area contributed by atoms with Crippen molar-refractivity contribution in [3.05, 3.63) is 30.1 Å². The quantitative estimate of drug-likeness (QED) is 0.824. The summed E-state index contributed by atoms with van der Waals surface area (Å²) in [6.07, 6.45) is 5.90. The topological polar surface area (TPSA) is 56.8 Å². The van der Waals surface area contributed by atoms with Crippen molar-refractivity contribution in [2.75, 3.05) is 26.2 Å². The van der Waals surface area contributed by atoms with Gasteiger partial charge < -0.3 is 9.80 Å². The van der Waals surface area contributed by atoms with E-state index in [-0.39, 0.29) is 17.9 Å². The summed E-state index contributed by atoms with van der Waals surface area (Å²) in [4.78, 5) is 35.5. The number of carbonyl (C=O) groups is 2. The number of amides is 2. The van der Waals surface area contributed by atoms with Crippen LogP contribution in [0.4, 0.5) is 0 Å². The van der Waals surface area contributed by atoms with E-state index in [0.717, 1.165) is 57.6 Å². The van der Waals surface area contributed by atoms with Crippen molar-refractivity contribution in [3.8, 4) is 0 Å². The number of carbonyl (C=O) groups excluding carboxylic acids is 2. The van der Waals surface area contributed by atoms with Crippen LogP contribution in [0.5, 0.6) is 0 Å². The van der Waals surface area contributed by atoms with Crippen molar-refractivity contribution >= 4 is 11.8 Å². The highest BCUT2D eigenvalue weighted by molar-refractivity contribution is 5.83. The molecule has 2 bridgehead atoms. The van der Waals surface area contributed by atoms with Gasteiger partial charge in [0.25, 0.3) is 0 Å². The molecule has 0 radical (unpaired) electrons. The van der Waals surface area contributed by atoms with E-state index in [9.17, 15) is 9.59 Å². The molecule has 3 saturated heterocycles. The maximum atomic E-state index is 13.2. The number of aromatic nitrogens is 1. The molecule has 2 atom stereocenters. The van der Waals surface area contributed by atoms with Crippen LogP contribution in [0.2, 0.25) is 0 Å². The highest BCUT2D eigenvalue weighted by atomic mass is 16.2. The van der Waals surface area contributed by atoms with Crippen molar-refractivity contribution in [2.45, 2.75) is 51.2 Å². The van der Waals surface area contributed by atoms with Crippen LogP contribution >= 0.6 is 0 Å². The van der Waals surface area contributed by atoms with Crippen LogP contribution in [-0.4, -0.2) is 69.8 Å². The Labute approximate surface area is 155 Å². The van der Waals surface area contributed by atoms with Gasteiger partial charge in [-0.25, -0.2) is 0 Å². The molecule has 0 saturated carbocycles. The molecule has 0 aliphatic carbocycles. The Morgan fingerprint density at radius 2 is 2.00 bits per heavy atom. The molecule has 6 heteroatoms. The molecule has 0 N–H and O–H groups in total. The smallest absolute Gasteiger partial charge is 0.240 e. The molecule has 1 aromatic rings. The number of hydrogen-bond acceptors (Lipinski definition) is 4. The van der Waals surface area contributed by atoms with Crippen molar-refractivity contribution in [2.24, 2.45) is 5.92 Å². The SMILES string of the molecule is CC(=O)N1CCC(N2CC[C@H]3C[C@@H]2C(=O)N(Cc2ccccn2)C3)CC1. The molecular formula is C20H28N4O2. The van der Waals surface area contributed by atoms with Crippen LogP contribution in [0.15, 0.2) is 24.4 Å². The van der Waals surface area contributed by atoms with Gasteiger partial charge >= 0.3 is 0 Å². The van der Waals surface area contributed by atoms with E-state index in [0.29, 0.717) is 18.5 Å². The van der Waals surface area contributed by atoms with E-state index in [1.54, 1.807) is 13.1 Å². The number of piperidine rings is 3. The Bertz CT molecular complexity index is 657. The minimum absolute atomic E-state index is 0.0140. The van der Waals surface area contributed by atoms with Crippen molar-refractivity contribution < 1.29 is 9.59 Å². The number of pyridine rings is 1. The molecule has 4 rings (SSSR count). The summed E-state index contributed by atoms with van der Waals surface area (Å²) in [5.41, 5.74) is 0.960. The zero-order valence-corrected chi connectivity index (χ0v) is 15.5. The lowest BCUT2D eigenvalue weighted by Crippen LogP contribution is -2.62. The fourth-order valence-electron chi connectivity index (χ4n) is 4.86. The number of hydrogen-bond donors (Lipinski definition) is 0. The van der Waals surface area contributed by atoms with Gasteiger partial charge in [0.1, 0.15) is 0 Å². The average molecular weight is 356 g/mol. The predicted molar refractivity (Wildman–Crippen MR) is 98.1 cm³/mol. The minimum atomic E-state index is 0.0140. The monoisotopic (exact) mass is 356 g/mol. The molecule has 0 spiro atoms. The van der Waals surface area contributed by atoms with Crippen LogP contribution in [0.25, 0.3) is 0 Å². The first-order valence-corrected chi connectivity index (χ1v) is 9.82. The zero-order chi connectivity index (χ0) is 18.1. The Balaban J connectivity index is 1.43. The molecule has 3 aliphatic rings. The second-order valence-corrected chi connectivity index (χ2v) is 7.92. The summed E-state index contributed by atoms with van der Waals surface area (Å²) in [6, 6.07) is 6.32. The molecule has 3 fully saturated rings. The second kappa shape index (κ2) is 7.35. The average Bonchev–Trinajstić information content (AvgIpc) is 2.67. The summed E-state index contributed by atoms with van der Waals surface area (Å²) in [7, 11) is 0. The van der Waals surface area contributed by atoms with E-state index < -0.39 is 0 Å². The van der Waals surface area contributed by atoms with E-state index in [2.05, 4.69) is 9.88 Å². The molecule has 0 unspecified atom stereocenters. The Morgan fingerprint density at radius 1 is 1.19 bits per heavy atom. The fourth-order valence-corrected chi connectivity index (χ4v) is 4.86. The Kier molecular flexibility index (Phi) is 4.94. The summed E-state index contributed by atoms with van der Waals surface area (Å²) in [5, 5.41) is 0. The van der Waals surface area contributed by atoms with Gasteiger partial charge in [0.2, 0.25) is 11.8 Å². The molecule has 4 heterocycles. The first-order chi connectivity index (χ1) is 12.6. The Hall–Kier alpha value is -1.95. The molecular weight excluding hydrogens is 328 g/mol. The van der Waals surface area contributed by atoms with Crippen LogP contribution in [-0.2, 0) is 16.1 Å². The van der Waals surface area contributed by atoms with Crippen molar-refractivity contribution in [1.29, 1.82) is 0 Å². The molecule has 26 heavy (non-hydrogen) atoms. The fraction of sp³-hybridized carbons (Fsp3) is 0.650. The molecule has 140 valence electrons. The van der Waals surface area contributed by atoms with Gasteiger partial charge in [-0.1, -0.05) is 6.07 Å². The van der Waals surface area contributed by atoms with Crippen LogP contribution in [0.3, 0.4) is 0 Å². The molecule has 2 amide bonds. The summed E-state index contributed by atoms with van der Waals surface area (Å²) < 4.78 is 0. The maximum absolute atomic E-state index is 13.2. The number of fused-ring (bicyclic) bond motifs is 2. The van der Waals surface area contributed by atoms with Crippen LogP contribution < -0.4 is 0 Å². The molecule has 0 aromatic carbocycles. The van der Waals surface area contributed by atoms with E-state index >= 15 is 0 Å². The van der Waals surface area contributed by atoms with Gasteiger partial charge in [0.05, 0.1) is 18.3 Å². The minimum Gasteiger partial charge on any atom is -0.343 e. The summed E-state index contributed by atoms with van der Waals surface area (Å²) in [6.45, 7) is 5.78. The van der Waals surface area contributed by atoms with Crippen molar-refractivity contribution in [1.82, 2.24) is 19.7 Å². The third-order valence-corrected chi connectivity index (χ3v) is 6.29. The van der Waals surface area contributed by atoms with Gasteiger partial charge in [-0.3, -0.25) is 19.5 Å². The van der Waals surface area contributed by atoms with Gasteiger partial charge in [-0.05, 0) is 50.3 Å². The Morgan fingerprint density at radius 3 is 2.69 bits per heavy atom. The lowest BCUT2D eigenvalue weighted by molar-refractivity contribution is -0.149. The van der Waals surface area contributed by atoms with Gasteiger partial charge in [0.15, 0.2) is 0 Å². The number of likely N-dealkylation sites (tertiary alicyclic amines) is 3. The maximum Gasteiger partial charge on any atom is 0.240 e. The van der Waals surface area contributed by atoms with Gasteiger partial charge in [-0.2, -0.15) is 0 Å². The van der Waals surface area contributed by atoms with Crippen molar-refractivity contribution in [3.63, 3.8) is 0 Å². The zero-order valence-electron chi connectivity index (χ0n) is 15.5. The largest absolute Gasteiger partial charge is 0.343 e. The first kappa shape index (κ1) is 17.5. The summed E-state index contributed by atoms with van der Waals surface area (Å²) in [5.74, 6) is 1.04. The van der Waals surface area contributed by atoms with Gasteiger partial charge in [-0.15, -0.1) is 0 Å². The number of nitrogens with zero attached hydrogens (tertiary/aromatic N) is 4. The molecule has 6 nitrogen and oxygen atoms in total. The standard InChI is InChI=1S/C20H28N4O2/c1-15(25)22-9-6-18(7-10-22)24-11-5-16-12-19(24)20(26)23(13-16)14-17-4-2-3-8-21-17/h2-4,8,16,18-19H,5-7,9-14H2,1H3/t16-,19+/m0/s1. The van der Waals surface area contributed by atoms with Gasteiger partial charge in [0, 0.05) is 38.8 Å². The summed E-state index contributed by atoms with van der Waals surface area (Å²) >= 11 is 0. The third-order valence-electron chi connectivity index (χ3n) is 6.29. The lowest BCUT2D eigenvalue weighted by atomic mass is 9.83. The highest BCUT2D eigenvalue weighted by Gasteiger charge is 2.44.